The number of nitrogens with zero attached hydrogens (tertiary/aromatic N) is 1. The number of carbonyl (C=O) groups excluding carboxylic acids is 3. The third-order valence-electron chi connectivity index (χ3n) is 5.71. The average molecular weight is 478 g/mol. The molecule has 2 aliphatic heterocycles. The van der Waals surface area contributed by atoms with Crippen molar-refractivity contribution in [1.29, 1.82) is 0 Å². The molecule has 0 radical (unpaired) electrons. The maximum absolute atomic E-state index is 13.1. The Morgan fingerprint density at radius 1 is 1.33 bits per heavy atom. The summed E-state index contributed by atoms with van der Waals surface area (Å²) in [6, 6.07) is 2.34. The molecule has 174 valence electrons. The van der Waals surface area contributed by atoms with Crippen molar-refractivity contribution >= 4 is 34.9 Å². The molecule has 4 amide bonds. The third kappa shape index (κ3) is 4.58. The fourth-order valence-electron chi connectivity index (χ4n) is 3.97. The van der Waals surface area contributed by atoms with Gasteiger partial charge in [-0.15, -0.1) is 11.3 Å². The zero-order chi connectivity index (χ0) is 23.9. The summed E-state index contributed by atoms with van der Waals surface area (Å²) in [5, 5.41) is 9.40. The van der Waals surface area contributed by atoms with Gasteiger partial charge in [-0.25, -0.2) is 4.79 Å². The first-order valence-corrected chi connectivity index (χ1v) is 11.0. The van der Waals surface area contributed by atoms with E-state index in [-0.39, 0.29) is 36.2 Å². The Bertz CT molecular complexity index is 1160. The van der Waals surface area contributed by atoms with Gasteiger partial charge in [-0.1, -0.05) is 12.6 Å². The van der Waals surface area contributed by atoms with E-state index in [4.69, 9.17) is 0 Å². The highest BCUT2D eigenvalue weighted by Crippen LogP contribution is 2.35. The molecule has 3 heterocycles. The van der Waals surface area contributed by atoms with E-state index in [0.717, 1.165) is 16.5 Å². The van der Waals surface area contributed by atoms with Crippen LogP contribution < -0.4 is 16.0 Å². The second-order valence-electron chi connectivity index (χ2n) is 7.97. The molecule has 0 saturated carbocycles. The van der Waals surface area contributed by atoms with E-state index in [0.29, 0.717) is 24.1 Å². The van der Waals surface area contributed by atoms with Gasteiger partial charge in [0.05, 0.1) is 17.7 Å². The number of benzene rings is 1. The Labute approximate surface area is 191 Å². The number of piperidine rings is 1. The molecule has 1 saturated heterocycles. The molecular formula is C22H21F3N4O3S. The SMILES string of the molecule is C=C1CCC(N2Cc3c(csc3CNC(=O)Nc3ccc(C)c(C(F)(F)F)c3)C2=O)C(=O)N1. The van der Waals surface area contributed by atoms with E-state index in [1.807, 2.05) is 0 Å². The number of anilines is 1. The predicted molar refractivity (Wildman–Crippen MR) is 117 cm³/mol. The van der Waals surface area contributed by atoms with Gasteiger partial charge >= 0.3 is 12.2 Å². The Morgan fingerprint density at radius 2 is 2.09 bits per heavy atom. The number of amides is 4. The topological polar surface area (TPSA) is 90.5 Å². The van der Waals surface area contributed by atoms with Gasteiger partial charge in [0.1, 0.15) is 6.04 Å². The number of alkyl halides is 3. The molecule has 0 spiro atoms. The zero-order valence-corrected chi connectivity index (χ0v) is 18.5. The van der Waals surface area contributed by atoms with Crippen molar-refractivity contribution in [3.05, 3.63) is 63.0 Å². The van der Waals surface area contributed by atoms with Crippen LogP contribution in [0.1, 0.15) is 44.8 Å². The molecule has 1 aromatic carbocycles. The summed E-state index contributed by atoms with van der Waals surface area (Å²) >= 11 is 1.31. The fourth-order valence-corrected chi connectivity index (χ4v) is 4.95. The number of urea groups is 1. The first kappa shape index (κ1) is 22.8. The number of hydrogen-bond acceptors (Lipinski definition) is 4. The number of nitrogens with one attached hydrogen (secondary N) is 3. The molecule has 2 aromatic rings. The highest BCUT2D eigenvalue weighted by molar-refractivity contribution is 7.10. The van der Waals surface area contributed by atoms with Crippen molar-refractivity contribution in [2.24, 2.45) is 0 Å². The molecule has 1 aromatic heterocycles. The number of halogens is 3. The second kappa shape index (κ2) is 8.54. The minimum atomic E-state index is -4.52. The van der Waals surface area contributed by atoms with E-state index in [1.165, 1.54) is 35.3 Å². The van der Waals surface area contributed by atoms with Gasteiger partial charge in [-0.3, -0.25) is 9.59 Å². The van der Waals surface area contributed by atoms with Crippen LogP contribution in [0, 0.1) is 6.92 Å². The first-order valence-electron chi connectivity index (χ1n) is 10.2. The third-order valence-corrected chi connectivity index (χ3v) is 6.74. The van der Waals surface area contributed by atoms with Gasteiger partial charge in [0.25, 0.3) is 5.91 Å². The standard InChI is InChI=1S/C22H21F3N4O3S/c1-11-3-5-13(7-16(11)22(23,24)25)28-21(32)26-8-18-14-9-29(20(31)15(14)10-33-18)17-6-4-12(2)27-19(17)30/h3,5,7,10,17H,2,4,6,8-9H2,1H3,(H,27,30)(H2,26,28,32). The maximum Gasteiger partial charge on any atom is 0.416 e. The van der Waals surface area contributed by atoms with Crippen LogP contribution in [0.15, 0.2) is 35.9 Å². The van der Waals surface area contributed by atoms with Gasteiger partial charge in [-0.05, 0) is 43.0 Å². The largest absolute Gasteiger partial charge is 0.416 e. The van der Waals surface area contributed by atoms with Gasteiger partial charge in [0.15, 0.2) is 0 Å². The Kier molecular flexibility index (Phi) is 5.91. The molecule has 3 N–H and O–H groups in total. The highest BCUT2D eigenvalue weighted by Gasteiger charge is 2.39. The number of fused-ring (bicyclic) bond motifs is 1. The molecule has 4 rings (SSSR count). The Morgan fingerprint density at radius 3 is 2.79 bits per heavy atom. The summed E-state index contributed by atoms with van der Waals surface area (Å²) in [4.78, 5) is 39.6. The van der Waals surface area contributed by atoms with E-state index >= 15 is 0 Å². The molecular weight excluding hydrogens is 457 g/mol. The van der Waals surface area contributed by atoms with Crippen LogP contribution in [-0.4, -0.2) is 28.8 Å². The highest BCUT2D eigenvalue weighted by atomic mass is 32.1. The first-order chi connectivity index (χ1) is 15.5. The minimum Gasteiger partial charge on any atom is -0.333 e. The van der Waals surface area contributed by atoms with Gasteiger partial charge in [0, 0.05) is 28.2 Å². The molecule has 7 nitrogen and oxygen atoms in total. The lowest BCUT2D eigenvalue weighted by atomic mass is 10.0. The normalized spacial score (nSPS) is 18.2. The number of rotatable bonds is 4. The summed E-state index contributed by atoms with van der Waals surface area (Å²) in [5.41, 5.74) is 1.15. The molecule has 11 heteroatoms. The summed E-state index contributed by atoms with van der Waals surface area (Å²) in [5.74, 6) is -0.493. The van der Waals surface area contributed by atoms with Crippen LogP contribution >= 0.6 is 11.3 Å². The number of aryl methyl sites for hydroxylation is 1. The fraction of sp³-hybridized carbons (Fsp3) is 0.318. The van der Waals surface area contributed by atoms with Crippen molar-refractivity contribution in [3.63, 3.8) is 0 Å². The van der Waals surface area contributed by atoms with Crippen LogP contribution in [0.3, 0.4) is 0 Å². The number of allylic oxidation sites excluding steroid dienone is 1. The van der Waals surface area contributed by atoms with Crippen molar-refractivity contribution in [2.45, 2.75) is 45.1 Å². The van der Waals surface area contributed by atoms with Crippen LogP contribution in [-0.2, 0) is 24.1 Å². The summed E-state index contributed by atoms with van der Waals surface area (Å²) in [6.07, 6.45) is -3.43. The van der Waals surface area contributed by atoms with Crippen LogP contribution in [0.4, 0.5) is 23.7 Å². The van der Waals surface area contributed by atoms with E-state index in [9.17, 15) is 27.6 Å². The molecule has 1 unspecified atom stereocenters. The smallest absolute Gasteiger partial charge is 0.333 e. The maximum atomic E-state index is 13.1. The van der Waals surface area contributed by atoms with Crippen LogP contribution in [0.25, 0.3) is 0 Å². The average Bonchev–Trinajstić information content (AvgIpc) is 3.27. The molecule has 1 atom stereocenters. The molecule has 0 bridgehead atoms. The van der Waals surface area contributed by atoms with Crippen molar-refractivity contribution in [1.82, 2.24) is 15.5 Å². The second-order valence-corrected chi connectivity index (χ2v) is 8.93. The van der Waals surface area contributed by atoms with Crippen molar-refractivity contribution in [2.75, 3.05) is 5.32 Å². The summed E-state index contributed by atoms with van der Waals surface area (Å²) in [7, 11) is 0. The zero-order valence-electron chi connectivity index (χ0n) is 17.6. The molecule has 1 fully saturated rings. The Balaban J connectivity index is 1.39. The number of hydrogen-bond donors (Lipinski definition) is 3. The molecule has 0 aliphatic carbocycles. The Hall–Kier alpha value is -3.34. The lowest BCUT2D eigenvalue weighted by Gasteiger charge is -2.31. The minimum absolute atomic E-state index is 0.0214. The molecule has 33 heavy (non-hydrogen) atoms. The lowest BCUT2D eigenvalue weighted by molar-refractivity contribution is -0.138. The summed E-state index contributed by atoms with van der Waals surface area (Å²) < 4.78 is 39.2. The molecule has 2 aliphatic rings. The summed E-state index contributed by atoms with van der Waals surface area (Å²) in [6.45, 7) is 5.45. The van der Waals surface area contributed by atoms with E-state index < -0.39 is 23.8 Å². The predicted octanol–water partition coefficient (Wildman–Crippen LogP) is 4.15. The van der Waals surface area contributed by atoms with Gasteiger partial charge in [-0.2, -0.15) is 13.2 Å². The van der Waals surface area contributed by atoms with Crippen molar-refractivity contribution in [3.8, 4) is 0 Å². The van der Waals surface area contributed by atoms with E-state index in [2.05, 4.69) is 22.5 Å². The van der Waals surface area contributed by atoms with Crippen molar-refractivity contribution < 1.29 is 27.6 Å². The van der Waals surface area contributed by atoms with Gasteiger partial charge in [0.2, 0.25) is 5.91 Å². The monoisotopic (exact) mass is 478 g/mol. The lowest BCUT2D eigenvalue weighted by Crippen LogP contribution is -2.49. The van der Waals surface area contributed by atoms with Crippen LogP contribution in [0.5, 0.6) is 0 Å². The van der Waals surface area contributed by atoms with E-state index in [1.54, 1.807) is 5.38 Å². The van der Waals surface area contributed by atoms with Crippen LogP contribution in [0.2, 0.25) is 0 Å². The number of thiophene rings is 1. The quantitative estimate of drug-likeness (QED) is 0.617. The van der Waals surface area contributed by atoms with Gasteiger partial charge < -0.3 is 20.9 Å². The number of carbonyl (C=O) groups is 3.